The fraction of sp³-hybridized carbons (Fsp3) is 0.333. The van der Waals surface area contributed by atoms with Gasteiger partial charge in [0, 0.05) is 17.2 Å². The second kappa shape index (κ2) is 8.15. The lowest BCUT2D eigenvalue weighted by Gasteiger charge is -2.36. The van der Waals surface area contributed by atoms with Crippen molar-refractivity contribution in [1.29, 1.82) is 0 Å². The minimum atomic E-state index is -4.14. The van der Waals surface area contributed by atoms with E-state index in [-0.39, 0.29) is 36.1 Å². The van der Waals surface area contributed by atoms with E-state index in [0.29, 0.717) is 24.7 Å². The summed E-state index contributed by atoms with van der Waals surface area (Å²) in [6.45, 7) is 0.350. The summed E-state index contributed by atoms with van der Waals surface area (Å²) in [5.74, 6) is -0.0923. The number of halogens is 2. The van der Waals surface area contributed by atoms with Gasteiger partial charge in [0.2, 0.25) is 4.90 Å². The molecule has 8 nitrogen and oxygen atoms in total. The van der Waals surface area contributed by atoms with Crippen LogP contribution >= 0.6 is 11.6 Å². The summed E-state index contributed by atoms with van der Waals surface area (Å²) in [4.78, 5) is -0.498. The van der Waals surface area contributed by atoms with Gasteiger partial charge in [-0.1, -0.05) is 20.0 Å². The van der Waals surface area contributed by atoms with Gasteiger partial charge in [-0.05, 0) is 24.3 Å². The highest BCUT2D eigenvalue weighted by Gasteiger charge is 2.41. The number of nitrogens with zero attached hydrogens (tertiary/aromatic N) is 2. The number of hydrogen-bond acceptors (Lipinski definition) is 6. The molecule has 12 heteroatoms. The Hall–Kier alpha value is -1.60. The molecule has 0 bridgehead atoms. The van der Waals surface area contributed by atoms with Crippen molar-refractivity contribution in [3.8, 4) is 11.5 Å². The van der Waals surface area contributed by atoms with Crippen LogP contribution in [0.15, 0.2) is 46.2 Å². The van der Waals surface area contributed by atoms with Crippen molar-refractivity contribution in [3.05, 3.63) is 47.2 Å². The largest absolute Gasteiger partial charge is 0.593 e. The number of hydrogen-bond donors (Lipinski definition) is 0. The van der Waals surface area contributed by atoms with Crippen LogP contribution in [-0.2, 0) is 29.2 Å². The molecule has 4 rings (SSSR count). The molecule has 2 aromatic rings. The molecule has 0 amide bonds. The lowest BCUT2D eigenvalue weighted by molar-refractivity contribution is 0.171. The number of piperazine rings is 1. The van der Waals surface area contributed by atoms with Gasteiger partial charge in [0.15, 0.2) is 43.0 Å². The summed E-state index contributed by atoms with van der Waals surface area (Å²) in [6.07, 6.45) is 0. The number of rotatable bonds is 4. The number of fused-ring (bicyclic) bond motifs is 1. The first kappa shape index (κ1) is 21.6. The normalized spacial score (nSPS) is 21.6. The highest BCUT2D eigenvalue weighted by molar-refractivity contribution is 7.96. The molecular formula is C18H18ClFN2O6S2. The zero-order valence-corrected chi connectivity index (χ0v) is 18.0. The number of benzene rings is 2. The van der Waals surface area contributed by atoms with E-state index in [1.54, 1.807) is 0 Å². The molecule has 0 spiro atoms. The van der Waals surface area contributed by atoms with Crippen LogP contribution in [-0.4, -0.2) is 57.1 Å². The van der Waals surface area contributed by atoms with Crippen molar-refractivity contribution < 1.29 is 31.4 Å². The third-order valence-corrected chi connectivity index (χ3v) is 8.90. The van der Waals surface area contributed by atoms with E-state index >= 15 is 0 Å². The summed E-state index contributed by atoms with van der Waals surface area (Å²) < 4.78 is 78.7. The molecule has 2 aliphatic rings. The molecule has 30 heavy (non-hydrogen) atoms. The van der Waals surface area contributed by atoms with Gasteiger partial charge < -0.3 is 18.6 Å². The zero-order chi connectivity index (χ0) is 21.5. The predicted octanol–water partition coefficient (Wildman–Crippen LogP) is 2.38. The molecule has 2 aromatic carbocycles. The highest BCUT2D eigenvalue weighted by Crippen LogP contribution is 2.35. The van der Waals surface area contributed by atoms with Gasteiger partial charge >= 0.3 is 0 Å². The van der Waals surface area contributed by atoms with Crippen LogP contribution < -0.4 is 9.47 Å². The van der Waals surface area contributed by atoms with Crippen molar-refractivity contribution in [3.63, 3.8) is 0 Å². The predicted molar refractivity (Wildman–Crippen MR) is 106 cm³/mol. The molecule has 2 unspecified atom stereocenters. The second-order valence-electron chi connectivity index (χ2n) is 6.69. The highest BCUT2D eigenvalue weighted by atomic mass is 35.5. The van der Waals surface area contributed by atoms with Crippen LogP contribution in [0.1, 0.15) is 0 Å². The Kier molecular flexibility index (Phi) is 5.88. The van der Waals surface area contributed by atoms with E-state index in [4.69, 9.17) is 21.1 Å². The standard InChI is InChI=1S/C18H18ClFN2O6S2/c19-13-1-3-15(20)18(11-13)30(25,26)22-7-5-21(6-8-22)29(23,24)14-2-4-16-17(12-14)28-10-9-27-16/h1-4,11-12H,5-10H2. The Morgan fingerprint density at radius 3 is 2.13 bits per heavy atom. The Morgan fingerprint density at radius 1 is 0.867 bits per heavy atom. The molecule has 0 aliphatic carbocycles. The van der Waals surface area contributed by atoms with Gasteiger partial charge in [0.1, 0.15) is 13.2 Å². The Bertz CT molecular complexity index is 1060. The van der Waals surface area contributed by atoms with Crippen LogP contribution in [0.5, 0.6) is 11.5 Å². The Labute approximate surface area is 180 Å². The van der Waals surface area contributed by atoms with Crippen LogP contribution in [0, 0.1) is 5.82 Å². The first-order valence-corrected chi connectivity index (χ1v) is 12.3. The van der Waals surface area contributed by atoms with Crippen molar-refractivity contribution >= 4 is 32.4 Å². The lowest BCUT2D eigenvalue weighted by Crippen LogP contribution is -2.53. The summed E-state index contributed by atoms with van der Waals surface area (Å²) in [6, 6.07) is 7.64. The third-order valence-electron chi connectivity index (χ3n) is 4.86. The molecule has 0 N–H and O–H groups in total. The van der Waals surface area contributed by atoms with E-state index in [9.17, 15) is 21.9 Å². The van der Waals surface area contributed by atoms with Crippen LogP contribution in [0.2, 0.25) is 5.02 Å². The molecule has 162 valence electrons. The van der Waals surface area contributed by atoms with Crippen molar-refractivity contribution in [2.45, 2.75) is 9.79 Å². The third kappa shape index (κ3) is 3.98. The van der Waals surface area contributed by atoms with E-state index < -0.39 is 31.5 Å². The summed E-state index contributed by atoms with van der Waals surface area (Å²) in [7, 11) is -8.01. The Morgan fingerprint density at radius 2 is 1.47 bits per heavy atom. The van der Waals surface area contributed by atoms with Crippen LogP contribution in [0.4, 0.5) is 4.39 Å². The molecule has 0 radical (unpaired) electrons. The van der Waals surface area contributed by atoms with Gasteiger partial charge in [-0.25, -0.2) is 4.39 Å². The second-order valence-corrected chi connectivity index (χ2v) is 11.0. The quantitative estimate of drug-likeness (QED) is 0.627. The molecule has 0 aromatic heterocycles. The minimum absolute atomic E-state index is 0.0314. The minimum Gasteiger partial charge on any atom is -0.593 e. The molecule has 0 saturated carbocycles. The fourth-order valence-corrected chi connectivity index (χ4v) is 6.49. The van der Waals surface area contributed by atoms with Gasteiger partial charge in [-0.3, -0.25) is 0 Å². The van der Waals surface area contributed by atoms with Crippen molar-refractivity contribution in [2.75, 3.05) is 39.4 Å². The first-order valence-electron chi connectivity index (χ1n) is 9.04. The van der Waals surface area contributed by atoms with Gasteiger partial charge in [-0.2, -0.15) is 0 Å². The maximum atomic E-state index is 14.1. The average Bonchev–Trinajstić information content (AvgIpc) is 2.75. The molecule has 1 fully saturated rings. The average molecular weight is 477 g/mol. The number of sulfonamides is 2. The van der Waals surface area contributed by atoms with Crippen molar-refractivity contribution in [1.82, 2.24) is 8.61 Å². The monoisotopic (exact) mass is 476 g/mol. The van der Waals surface area contributed by atoms with Crippen LogP contribution in [0.25, 0.3) is 0 Å². The topological polar surface area (TPSA) is 105 Å². The van der Waals surface area contributed by atoms with Gasteiger partial charge in [0.05, 0.1) is 26.2 Å². The maximum absolute atomic E-state index is 14.1. The molecular weight excluding hydrogens is 459 g/mol. The summed E-state index contributed by atoms with van der Waals surface area (Å²) in [5, 5.41) is 0.0924. The zero-order valence-electron chi connectivity index (χ0n) is 15.6. The van der Waals surface area contributed by atoms with E-state index in [2.05, 4.69) is 0 Å². The lowest BCUT2D eigenvalue weighted by atomic mass is 10.3. The van der Waals surface area contributed by atoms with Crippen LogP contribution in [0.3, 0.4) is 0 Å². The SMILES string of the molecule is O=[S+]([O-])(c1ccc2c(c1)OCCO2)N1CCN([S+](=O)([O-])c2cc(Cl)ccc2F)CC1. The summed E-state index contributed by atoms with van der Waals surface area (Å²) >= 11 is 5.81. The Balaban J connectivity index is 1.50. The first-order chi connectivity index (χ1) is 14.2. The van der Waals surface area contributed by atoms with E-state index in [1.807, 2.05) is 0 Å². The number of ether oxygens (including phenoxy) is 2. The van der Waals surface area contributed by atoms with E-state index in [0.717, 1.165) is 16.4 Å². The fourth-order valence-electron chi connectivity index (χ4n) is 3.30. The molecule has 1 saturated heterocycles. The van der Waals surface area contributed by atoms with Gasteiger partial charge in [0.25, 0.3) is 0 Å². The van der Waals surface area contributed by atoms with Gasteiger partial charge in [-0.15, -0.1) is 8.61 Å². The smallest absolute Gasteiger partial charge is 0.212 e. The van der Waals surface area contributed by atoms with E-state index in [1.165, 1.54) is 28.6 Å². The molecule has 2 aliphatic heterocycles. The van der Waals surface area contributed by atoms with Crippen molar-refractivity contribution in [2.24, 2.45) is 0 Å². The molecule has 2 atom stereocenters. The molecule has 2 heterocycles. The maximum Gasteiger partial charge on any atom is 0.212 e. The summed E-state index contributed by atoms with van der Waals surface area (Å²) in [5.41, 5.74) is 0.